The van der Waals surface area contributed by atoms with E-state index in [1.165, 1.54) is 16.7 Å². The normalized spacial score (nSPS) is 12.2. The van der Waals surface area contributed by atoms with Crippen molar-refractivity contribution in [1.82, 2.24) is 6.15 Å². The molecule has 0 aromatic heterocycles. The predicted molar refractivity (Wildman–Crippen MR) is 73.6 cm³/mol. The Hall–Kier alpha value is -0.820. The molecule has 0 spiro atoms. The van der Waals surface area contributed by atoms with Gasteiger partial charge in [0, 0.05) is 0 Å². The Kier molecular flexibility index (Phi) is 4.35. The van der Waals surface area contributed by atoms with Crippen LogP contribution in [0.25, 0.3) is 0 Å². The third kappa shape index (κ3) is 3.34. The van der Waals surface area contributed by atoms with Crippen molar-refractivity contribution in [1.29, 1.82) is 0 Å². The fourth-order valence-corrected chi connectivity index (χ4v) is 1.90. The molecule has 0 aliphatic rings. The van der Waals surface area contributed by atoms with E-state index >= 15 is 0 Å². The van der Waals surface area contributed by atoms with Crippen molar-refractivity contribution >= 4 is 0 Å². The van der Waals surface area contributed by atoms with Gasteiger partial charge in [-0.2, -0.15) is 0 Å². The Labute approximate surface area is 101 Å². The number of rotatable bonds is 0. The molecule has 0 saturated carbocycles. The first-order chi connectivity index (χ1) is 6.62. The lowest BCUT2D eigenvalue weighted by atomic mass is 9.79. The molecule has 1 nitrogen and oxygen atoms in total. The number of hydrogen-bond donors (Lipinski definition) is 1. The van der Waals surface area contributed by atoms with Crippen LogP contribution in [0.5, 0.6) is 0 Å². The average molecular weight is 221 g/mol. The summed E-state index contributed by atoms with van der Waals surface area (Å²) in [6.07, 6.45) is 0. The topological polar surface area (TPSA) is 35.0 Å². The van der Waals surface area contributed by atoms with Crippen LogP contribution in [0.15, 0.2) is 18.2 Å². The maximum Gasteiger partial charge on any atom is -0.0129 e. The Morgan fingerprint density at radius 1 is 0.812 bits per heavy atom. The minimum Gasteiger partial charge on any atom is -0.344 e. The molecule has 3 N–H and O–H groups in total. The van der Waals surface area contributed by atoms with E-state index in [-0.39, 0.29) is 17.0 Å². The van der Waals surface area contributed by atoms with Crippen molar-refractivity contribution in [3.8, 4) is 0 Å². The molecule has 1 aromatic rings. The summed E-state index contributed by atoms with van der Waals surface area (Å²) in [4.78, 5) is 0. The highest BCUT2D eigenvalue weighted by atomic mass is 14.2. The lowest BCUT2D eigenvalue weighted by Gasteiger charge is -2.26. The van der Waals surface area contributed by atoms with Crippen LogP contribution in [0.3, 0.4) is 0 Å². The smallest absolute Gasteiger partial charge is 0.0129 e. The van der Waals surface area contributed by atoms with Crippen LogP contribution in [0.4, 0.5) is 0 Å². The van der Waals surface area contributed by atoms with E-state index in [4.69, 9.17) is 0 Å². The SMILES string of the molecule is Cc1ccc(C(C)(C)C)cc1C(C)(C)C.N. The minimum atomic E-state index is 0. The maximum atomic E-state index is 2.37. The Morgan fingerprint density at radius 2 is 1.31 bits per heavy atom. The minimum absolute atomic E-state index is 0. The standard InChI is InChI=1S/C15H24.H3N/c1-11-8-9-12(14(2,3)4)10-13(11)15(5,6)7;/h8-10H,1-7H3;1H3. The highest BCUT2D eigenvalue weighted by molar-refractivity contribution is 5.38. The second-order valence-electron chi connectivity index (χ2n) is 6.53. The summed E-state index contributed by atoms with van der Waals surface area (Å²) in [6.45, 7) is 15.8. The van der Waals surface area contributed by atoms with Gasteiger partial charge in [0.25, 0.3) is 0 Å². The van der Waals surface area contributed by atoms with Gasteiger partial charge in [0.1, 0.15) is 0 Å². The first-order valence-electron chi connectivity index (χ1n) is 5.74. The number of benzene rings is 1. The molecule has 1 heteroatoms. The third-order valence-corrected chi connectivity index (χ3v) is 2.91. The van der Waals surface area contributed by atoms with Gasteiger partial charge in [0.2, 0.25) is 0 Å². The fraction of sp³-hybridized carbons (Fsp3) is 0.600. The summed E-state index contributed by atoms with van der Waals surface area (Å²) < 4.78 is 0. The second-order valence-corrected chi connectivity index (χ2v) is 6.53. The molecule has 0 bridgehead atoms. The summed E-state index contributed by atoms with van der Waals surface area (Å²) >= 11 is 0. The molecule has 0 radical (unpaired) electrons. The second kappa shape index (κ2) is 4.58. The monoisotopic (exact) mass is 221 g/mol. The van der Waals surface area contributed by atoms with Gasteiger partial charge in [-0.05, 0) is 34.4 Å². The van der Waals surface area contributed by atoms with Crippen LogP contribution in [-0.4, -0.2) is 0 Å². The van der Waals surface area contributed by atoms with E-state index in [2.05, 4.69) is 66.7 Å². The molecule has 0 aliphatic carbocycles. The molecule has 0 heterocycles. The summed E-state index contributed by atoms with van der Waals surface area (Å²) in [7, 11) is 0. The van der Waals surface area contributed by atoms with Gasteiger partial charge in [0.15, 0.2) is 0 Å². The van der Waals surface area contributed by atoms with Crippen LogP contribution in [-0.2, 0) is 10.8 Å². The average Bonchev–Trinajstić information content (AvgIpc) is 2.00. The van der Waals surface area contributed by atoms with Crippen LogP contribution in [0.1, 0.15) is 58.2 Å². The quantitative estimate of drug-likeness (QED) is 0.674. The third-order valence-electron chi connectivity index (χ3n) is 2.91. The number of hydrogen-bond acceptors (Lipinski definition) is 1. The zero-order valence-corrected chi connectivity index (χ0v) is 11.9. The van der Waals surface area contributed by atoms with E-state index in [9.17, 15) is 0 Å². The van der Waals surface area contributed by atoms with E-state index in [1.54, 1.807) is 0 Å². The van der Waals surface area contributed by atoms with Crippen LogP contribution < -0.4 is 6.15 Å². The van der Waals surface area contributed by atoms with Gasteiger partial charge in [0.05, 0.1) is 0 Å². The Balaban J connectivity index is 0.00000225. The lowest BCUT2D eigenvalue weighted by Crippen LogP contribution is -2.17. The fourth-order valence-electron chi connectivity index (χ4n) is 1.90. The molecule has 92 valence electrons. The lowest BCUT2D eigenvalue weighted by molar-refractivity contribution is 0.566. The van der Waals surface area contributed by atoms with Gasteiger partial charge in [-0.15, -0.1) is 0 Å². The summed E-state index contributed by atoms with van der Waals surface area (Å²) in [5.74, 6) is 0. The van der Waals surface area contributed by atoms with Crippen molar-refractivity contribution in [3.05, 3.63) is 34.9 Å². The summed E-state index contributed by atoms with van der Waals surface area (Å²) in [6, 6.07) is 6.88. The van der Waals surface area contributed by atoms with Gasteiger partial charge in [-0.1, -0.05) is 59.7 Å². The van der Waals surface area contributed by atoms with Gasteiger partial charge in [-0.25, -0.2) is 0 Å². The summed E-state index contributed by atoms with van der Waals surface area (Å²) in [5.41, 5.74) is 4.78. The Bertz CT molecular complexity index is 351. The van der Waals surface area contributed by atoms with E-state index in [0.29, 0.717) is 0 Å². The van der Waals surface area contributed by atoms with Gasteiger partial charge >= 0.3 is 0 Å². The van der Waals surface area contributed by atoms with Crippen molar-refractivity contribution in [3.63, 3.8) is 0 Å². The molecular formula is C15H27N. The molecular weight excluding hydrogens is 194 g/mol. The van der Waals surface area contributed by atoms with Crippen molar-refractivity contribution in [2.24, 2.45) is 0 Å². The first-order valence-corrected chi connectivity index (χ1v) is 5.74. The van der Waals surface area contributed by atoms with Crippen molar-refractivity contribution in [2.75, 3.05) is 0 Å². The largest absolute Gasteiger partial charge is 0.344 e. The Morgan fingerprint density at radius 3 is 1.69 bits per heavy atom. The van der Waals surface area contributed by atoms with E-state index < -0.39 is 0 Å². The highest BCUT2D eigenvalue weighted by Gasteiger charge is 2.20. The zero-order valence-electron chi connectivity index (χ0n) is 11.9. The van der Waals surface area contributed by atoms with Crippen LogP contribution in [0, 0.1) is 6.92 Å². The van der Waals surface area contributed by atoms with E-state index in [1.807, 2.05) is 0 Å². The molecule has 1 rings (SSSR count). The molecule has 0 amide bonds. The van der Waals surface area contributed by atoms with Gasteiger partial charge in [-0.3, -0.25) is 0 Å². The molecule has 1 aromatic carbocycles. The molecule has 0 fully saturated rings. The molecule has 0 unspecified atom stereocenters. The maximum absolute atomic E-state index is 2.37. The molecule has 0 saturated heterocycles. The zero-order chi connectivity index (χ0) is 11.9. The van der Waals surface area contributed by atoms with Crippen molar-refractivity contribution in [2.45, 2.75) is 59.3 Å². The van der Waals surface area contributed by atoms with Gasteiger partial charge < -0.3 is 6.15 Å². The highest BCUT2D eigenvalue weighted by Crippen LogP contribution is 2.30. The van der Waals surface area contributed by atoms with Crippen molar-refractivity contribution < 1.29 is 0 Å². The number of aryl methyl sites for hydroxylation is 1. The van der Waals surface area contributed by atoms with E-state index in [0.717, 1.165) is 0 Å². The molecule has 0 aliphatic heterocycles. The van der Waals surface area contributed by atoms with Crippen LogP contribution in [0.2, 0.25) is 0 Å². The predicted octanol–water partition coefficient (Wildman–Crippen LogP) is 4.75. The summed E-state index contributed by atoms with van der Waals surface area (Å²) in [5, 5.41) is 0. The molecule has 0 atom stereocenters. The first kappa shape index (κ1) is 15.2. The van der Waals surface area contributed by atoms with Crippen LogP contribution >= 0.6 is 0 Å². The molecule has 16 heavy (non-hydrogen) atoms.